The minimum Gasteiger partial charge on any atom is -0.479 e. The van der Waals surface area contributed by atoms with Crippen molar-refractivity contribution in [2.75, 3.05) is 6.54 Å². The largest absolute Gasteiger partial charge is 0.479 e. The summed E-state index contributed by atoms with van der Waals surface area (Å²) in [5.41, 5.74) is 3.93. The van der Waals surface area contributed by atoms with E-state index in [0.717, 1.165) is 16.3 Å². The van der Waals surface area contributed by atoms with E-state index < -0.39 is 12.0 Å². The molecular formula is C14H16N4O3S. The zero-order chi connectivity index (χ0) is 15.7. The first-order valence-corrected chi connectivity index (χ1v) is 7.89. The highest BCUT2D eigenvalue weighted by atomic mass is 32.1. The smallest absolute Gasteiger partial charge is 0.332 e. The average molecular weight is 320 g/mol. The van der Waals surface area contributed by atoms with Gasteiger partial charge in [-0.05, 0) is 13.3 Å². The van der Waals surface area contributed by atoms with Crippen molar-refractivity contribution < 1.29 is 14.7 Å². The first-order chi connectivity index (χ1) is 10.6. The second kappa shape index (κ2) is 5.88. The number of aromatic nitrogens is 3. The number of carboxylic acid groups (broad SMARTS) is 1. The van der Waals surface area contributed by atoms with E-state index in [2.05, 4.69) is 15.0 Å². The number of fused-ring (bicyclic) bond motifs is 1. The van der Waals surface area contributed by atoms with E-state index in [1.165, 1.54) is 22.6 Å². The van der Waals surface area contributed by atoms with E-state index in [0.29, 0.717) is 25.1 Å². The third-order valence-corrected chi connectivity index (χ3v) is 4.88. The Morgan fingerprint density at radius 3 is 3.00 bits per heavy atom. The standard InChI is InChI=1S/C14H16N4O3S/c1-8-10(22-7-17-8)2-3-11(19)18-5-4-9-12(16-6-15-9)13(18)14(20)21/h6-7,13H,2-5H2,1H3,(H,15,16)(H,20,21)/t13-/m1/s1. The highest BCUT2D eigenvalue weighted by Gasteiger charge is 2.37. The SMILES string of the molecule is Cc1ncsc1CCC(=O)N1CCc2[nH]cnc2[C@@H]1C(=O)O. The summed E-state index contributed by atoms with van der Waals surface area (Å²) in [5.74, 6) is -1.20. The van der Waals surface area contributed by atoms with Gasteiger partial charge < -0.3 is 15.0 Å². The number of nitrogens with one attached hydrogen (secondary N) is 1. The van der Waals surface area contributed by atoms with Crippen LogP contribution in [0.4, 0.5) is 0 Å². The lowest BCUT2D eigenvalue weighted by Gasteiger charge is -2.32. The zero-order valence-corrected chi connectivity index (χ0v) is 12.9. The molecule has 0 bridgehead atoms. The fourth-order valence-corrected chi connectivity index (χ4v) is 3.51. The van der Waals surface area contributed by atoms with Crippen molar-refractivity contribution in [1.29, 1.82) is 0 Å². The summed E-state index contributed by atoms with van der Waals surface area (Å²) in [6, 6.07) is -0.995. The molecule has 0 saturated carbocycles. The lowest BCUT2D eigenvalue weighted by Crippen LogP contribution is -2.43. The van der Waals surface area contributed by atoms with Gasteiger partial charge in [-0.25, -0.2) is 14.8 Å². The highest BCUT2D eigenvalue weighted by Crippen LogP contribution is 2.28. The number of amides is 1. The summed E-state index contributed by atoms with van der Waals surface area (Å²) in [4.78, 5) is 37.7. The summed E-state index contributed by atoms with van der Waals surface area (Å²) in [7, 11) is 0. The monoisotopic (exact) mass is 320 g/mol. The van der Waals surface area contributed by atoms with Gasteiger partial charge >= 0.3 is 5.97 Å². The number of carbonyl (C=O) groups is 2. The maximum absolute atomic E-state index is 12.5. The van der Waals surface area contributed by atoms with Gasteiger partial charge in [0.25, 0.3) is 0 Å². The molecule has 0 radical (unpaired) electrons. The fraction of sp³-hybridized carbons (Fsp3) is 0.429. The number of carbonyl (C=O) groups excluding carboxylic acids is 1. The van der Waals surface area contributed by atoms with Crippen LogP contribution in [0.25, 0.3) is 0 Å². The van der Waals surface area contributed by atoms with E-state index in [1.54, 1.807) is 5.51 Å². The molecule has 0 saturated heterocycles. The number of aromatic amines is 1. The van der Waals surface area contributed by atoms with Gasteiger partial charge in [0.15, 0.2) is 6.04 Å². The van der Waals surface area contributed by atoms with Crippen LogP contribution in [-0.2, 0) is 22.4 Å². The van der Waals surface area contributed by atoms with Gasteiger partial charge in [-0.15, -0.1) is 11.3 Å². The Hall–Kier alpha value is -2.22. The Kier molecular flexibility index (Phi) is 3.93. The number of aliphatic carboxylic acids is 1. The van der Waals surface area contributed by atoms with Crippen LogP contribution in [0.2, 0.25) is 0 Å². The van der Waals surface area contributed by atoms with E-state index in [9.17, 15) is 14.7 Å². The molecule has 2 N–H and O–H groups in total. The third kappa shape index (κ3) is 2.61. The number of hydrogen-bond donors (Lipinski definition) is 2. The van der Waals surface area contributed by atoms with E-state index in [-0.39, 0.29) is 12.3 Å². The number of thiazole rings is 1. The fourth-order valence-electron chi connectivity index (χ4n) is 2.73. The molecule has 22 heavy (non-hydrogen) atoms. The van der Waals surface area contributed by atoms with Gasteiger partial charge in [0.1, 0.15) is 0 Å². The van der Waals surface area contributed by atoms with Crippen LogP contribution in [0, 0.1) is 6.92 Å². The molecule has 1 aliphatic rings. The van der Waals surface area contributed by atoms with Crippen LogP contribution < -0.4 is 0 Å². The summed E-state index contributed by atoms with van der Waals surface area (Å²) >= 11 is 1.52. The molecule has 7 nitrogen and oxygen atoms in total. The first-order valence-electron chi connectivity index (χ1n) is 7.01. The molecule has 1 aliphatic heterocycles. The van der Waals surface area contributed by atoms with Crippen LogP contribution in [-0.4, -0.2) is 43.4 Å². The molecule has 0 aliphatic carbocycles. The van der Waals surface area contributed by atoms with Gasteiger partial charge in [-0.2, -0.15) is 0 Å². The Labute approximate surface area is 131 Å². The number of nitrogens with zero attached hydrogens (tertiary/aromatic N) is 3. The van der Waals surface area contributed by atoms with Crippen molar-refractivity contribution in [2.24, 2.45) is 0 Å². The van der Waals surface area contributed by atoms with E-state index in [4.69, 9.17) is 0 Å². The average Bonchev–Trinajstić information content (AvgIpc) is 3.11. The van der Waals surface area contributed by atoms with Crippen LogP contribution in [0.5, 0.6) is 0 Å². The Morgan fingerprint density at radius 1 is 1.50 bits per heavy atom. The summed E-state index contributed by atoms with van der Waals surface area (Å²) in [5, 5.41) is 9.46. The maximum Gasteiger partial charge on any atom is 0.332 e. The zero-order valence-electron chi connectivity index (χ0n) is 12.1. The molecule has 0 fully saturated rings. The number of carboxylic acids is 1. The number of rotatable bonds is 4. The lowest BCUT2D eigenvalue weighted by molar-refractivity contribution is -0.151. The molecule has 8 heteroatoms. The van der Waals surface area contributed by atoms with Crippen molar-refractivity contribution in [3.8, 4) is 0 Å². The topological polar surface area (TPSA) is 99.2 Å². The van der Waals surface area contributed by atoms with Crippen molar-refractivity contribution in [2.45, 2.75) is 32.2 Å². The second-order valence-corrected chi connectivity index (χ2v) is 6.14. The Bertz CT molecular complexity index is 709. The number of aryl methyl sites for hydroxylation is 2. The van der Waals surface area contributed by atoms with Gasteiger partial charge in [-0.1, -0.05) is 0 Å². The van der Waals surface area contributed by atoms with Crippen LogP contribution in [0.3, 0.4) is 0 Å². The van der Waals surface area contributed by atoms with Crippen molar-refractivity contribution in [3.05, 3.63) is 33.8 Å². The van der Waals surface area contributed by atoms with E-state index in [1.807, 2.05) is 6.92 Å². The van der Waals surface area contributed by atoms with Gasteiger partial charge in [0.05, 0.1) is 23.2 Å². The molecule has 0 aromatic carbocycles. The third-order valence-electron chi connectivity index (χ3n) is 3.89. The van der Waals surface area contributed by atoms with Gasteiger partial charge in [0.2, 0.25) is 5.91 Å². The minimum absolute atomic E-state index is 0.158. The molecule has 3 rings (SSSR count). The Morgan fingerprint density at radius 2 is 2.32 bits per heavy atom. The molecule has 2 aromatic heterocycles. The molecule has 1 amide bonds. The quantitative estimate of drug-likeness (QED) is 0.885. The second-order valence-electron chi connectivity index (χ2n) is 5.21. The summed E-state index contributed by atoms with van der Waals surface area (Å²) in [6.07, 6.45) is 2.96. The molecule has 1 atom stereocenters. The van der Waals surface area contributed by atoms with Crippen LogP contribution in [0.1, 0.15) is 34.4 Å². The highest BCUT2D eigenvalue weighted by molar-refractivity contribution is 7.09. The number of imidazole rings is 1. The first kappa shape index (κ1) is 14.7. The predicted molar refractivity (Wildman–Crippen MR) is 79.6 cm³/mol. The number of H-pyrrole nitrogens is 1. The number of hydrogen-bond acceptors (Lipinski definition) is 5. The normalized spacial score (nSPS) is 17.3. The summed E-state index contributed by atoms with van der Waals surface area (Å²) < 4.78 is 0. The molecule has 0 unspecified atom stereocenters. The molecule has 2 aromatic rings. The molecule has 3 heterocycles. The molecule has 0 spiro atoms. The van der Waals surface area contributed by atoms with Crippen molar-refractivity contribution >= 4 is 23.2 Å². The van der Waals surface area contributed by atoms with Gasteiger partial charge in [-0.3, -0.25) is 4.79 Å². The molecule has 116 valence electrons. The van der Waals surface area contributed by atoms with E-state index >= 15 is 0 Å². The van der Waals surface area contributed by atoms with Crippen LogP contribution >= 0.6 is 11.3 Å². The minimum atomic E-state index is -1.05. The van der Waals surface area contributed by atoms with Gasteiger partial charge in [0, 0.05) is 30.0 Å². The Balaban J connectivity index is 1.74. The molecular weight excluding hydrogens is 304 g/mol. The van der Waals surface area contributed by atoms with Crippen molar-refractivity contribution in [3.63, 3.8) is 0 Å². The van der Waals surface area contributed by atoms with Crippen LogP contribution in [0.15, 0.2) is 11.8 Å². The lowest BCUT2D eigenvalue weighted by atomic mass is 10.0. The maximum atomic E-state index is 12.5. The summed E-state index contributed by atoms with van der Waals surface area (Å²) in [6.45, 7) is 2.31. The van der Waals surface area contributed by atoms with Crippen molar-refractivity contribution in [1.82, 2.24) is 19.9 Å². The predicted octanol–water partition coefficient (Wildman–Crippen LogP) is 1.32.